The molecule has 1 aromatic heterocycles. The van der Waals surface area contributed by atoms with E-state index in [1.807, 2.05) is 0 Å². The van der Waals surface area contributed by atoms with Crippen LogP contribution in [0.2, 0.25) is 5.02 Å². The Bertz CT molecular complexity index is 583. The molecule has 9 heteroatoms. The summed E-state index contributed by atoms with van der Waals surface area (Å²) in [5, 5.41) is 0.308. The zero-order valence-electron chi connectivity index (χ0n) is 7.90. The minimum atomic E-state index is -4.49. The summed E-state index contributed by atoms with van der Waals surface area (Å²) in [6.45, 7) is 0. The lowest BCUT2D eigenvalue weighted by Crippen LogP contribution is -2.06. The maximum absolute atomic E-state index is 12.9. The Morgan fingerprint density at radius 3 is 2.65 bits per heavy atom. The average Bonchev–Trinajstić information content (AvgIpc) is 2.59. The molecule has 1 aromatic carbocycles. The molecule has 0 unspecified atom stereocenters. The highest BCUT2D eigenvalue weighted by Gasteiger charge is 2.37. The zero-order valence-corrected chi connectivity index (χ0v) is 11.1. The van der Waals surface area contributed by atoms with Gasteiger partial charge in [0, 0.05) is 4.47 Å². The van der Waals surface area contributed by atoms with Crippen LogP contribution in [0.3, 0.4) is 0 Å². The standard InChI is InChI=1S/C8H4BrClF3N3S/c9-2-1-3(10)5-6(4(2)8(11,12)13)17-7(15-5)16-14/h1H,14H2,(H,15,16). The number of hydrazine groups is 1. The molecule has 92 valence electrons. The molecule has 0 atom stereocenters. The summed E-state index contributed by atoms with van der Waals surface area (Å²) in [7, 11) is 0. The normalized spacial score (nSPS) is 12.1. The molecule has 0 aliphatic carbocycles. The number of alkyl halides is 3. The quantitative estimate of drug-likeness (QED) is 0.606. The fourth-order valence-electron chi connectivity index (χ4n) is 1.34. The molecule has 0 spiro atoms. The van der Waals surface area contributed by atoms with E-state index >= 15 is 0 Å². The third-order valence-electron chi connectivity index (χ3n) is 1.98. The summed E-state index contributed by atoms with van der Waals surface area (Å²) in [5.41, 5.74) is 1.50. The van der Waals surface area contributed by atoms with Crippen LogP contribution in [0.15, 0.2) is 10.5 Å². The molecule has 0 fully saturated rings. The predicted molar refractivity (Wildman–Crippen MR) is 65.1 cm³/mol. The second kappa shape index (κ2) is 4.27. The molecular formula is C8H4BrClF3N3S. The highest BCUT2D eigenvalue weighted by atomic mass is 79.9. The van der Waals surface area contributed by atoms with Gasteiger partial charge in [0.25, 0.3) is 0 Å². The molecule has 0 aliphatic rings. The summed E-state index contributed by atoms with van der Waals surface area (Å²) >= 11 is 9.49. The smallest absolute Gasteiger partial charge is 0.300 e. The maximum atomic E-state index is 12.9. The Hall–Kier alpha value is -0.570. The van der Waals surface area contributed by atoms with Crippen LogP contribution in [0.25, 0.3) is 10.2 Å². The van der Waals surface area contributed by atoms with E-state index in [9.17, 15) is 13.2 Å². The molecule has 1 heterocycles. The number of benzene rings is 1. The van der Waals surface area contributed by atoms with E-state index in [1.165, 1.54) is 6.07 Å². The van der Waals surface area contributed by atoms with E-state index in [1.54, 1.807) is 0 Å². The van der Waals surface area contributed by atoms with E-state index in [2.05, 4.69) is 26.3 Å². The molecule has 2 aromatic rings. The number of thiazole rings is 1. The number of hydrogen-bond acceptors (Lipinski definition) is 4. The lowest BCUT2D eigenvalue weighted by molar-refractivity contribution is -0.136. The molecule has 0 amide bonds. The first-order valence-corrected chi connectivity index (χ1v) is 6.15. The molecule has 0 aliphatic heterocycles. The highest BCUT2D eigenvalue weighted by molar-refractivity contribution is 9.10. The van der Waals surface area contributed by atoms with Gasteiger partial charge in [0.2, 0.25) is 0 Å². The van der Waals surface area contributed by atoms with Crippen molar-refractivity contribution < 1.29 is 13.2 Å². The molecule has 0 saturated carbocycles. The summed E-state index contributed by atoms with van der Waals surface area (Å²) in [6.07, 6.45) is -4.49. The fraction of sp³-hybridized carbons (Fsp3) is 0.125. The van der Waals surface area contributed by atoms with Gasteiger partial charge in [-0.2, -0.15) is 13.2 Å². The number of nitrogens with one attached hydrogen (secondary N) is 1. The number of nitrogens with two attached hydrogens (primary N) is 1. The first kappa shape index (κ1) is 12.9. The van der Waals surface area contributed by atoms with Crippen LogP contribution in [0.5, 0.6) is 0 Å². The SMILES string of the molecule is NNc1nc2c(Cl)cc(Br)c(C(F)(F)F)c2s1. The largest absolute Gasteiger partial charge is 0.418 e. The number of nitrogen functional groups attached to an aromatic ring is 1. The molecule has 3 N–H and O–H groups in total. The first-order valence-electron chi connectivity index (χ1n) is 4.17. The topological polar surface area (TPSA) is 50.9 Å². The van der Waals surface area contributed by atoms with Gasteiger partial charge in [-0.25, -0.2) is 10.8 Å². The van der Waals surface area contributed by atoms with Crippen LogP contribution >= 0.6 is 38.9 Å². The van der Waals surface area contributed by atoms with Crippen molar-refractivity contribution in [3.05, 3.63) is 21.1 Å². The number of halogens is 5. The minimum absolute atomic E-state index is 0.0511. The van der Waals surface area contributed by atoms with Crippen molar-refractivity contribution in [2.45, 2.75) is 6.18 Å². The van der Waals surface area contributed by atoms with Crippen molar-refractivity contribution in [1.82, 2.24) is 4.98 Å². The third kappa shape index (κ3) is 2.22. The van der Waals surface area contributed by atoms with E-state index in [4.69, 9.17) is 17.4 Å². The van der Waals surface area contributed by atoms with E-state index < -0.39 is 11.7 Å². The van der Waals surface area contributed by atoms with Crippen LogP contribution in [-0.4, -0.2) is 4.98 Å². The summed E-state index contributed by atoms with van der Waals surface area (Å²) in [6, 6.07) is 1.17. The van der Waals surface area contributed by atoms with Crippen molar-refractivity contribution >= 4 is 54.2 Å². The van der Waals surface area contributed by atoms with Gasteiger partial charge in [-0.3, -0.25) is 5.43 Å². The summed E-state index contributed by atoms with van der Waals surface area (Å²) in [5.74, 6) is 5.12. The molecule has 2 rings (SSSR count). The van der Waals surface area contributed by atoms with E-state index in [-0.39, 0.29) is 24.8 Å². The second-order valence-corrected chi connectivity index (χ2v) is 5.31. The monoisotopic (exact) mass is 345 g/mol. The number of nitrogens with zero attached hydrogens (tertiary/aromatic N) is 1. The number of hydrogen-bond donors (Lipinski definition) is 2. The lowest BCUT2D eigenvalue weighted by atomic mass is 10.2. The Morgan fingerprint density at radius 1 is 1.47 bits per heavy atom. The second-order valence-electron chi connectivity index (χ2n) is 3.05. The predicted octanol–water partition coefficient (Wildman–Crippen LogP) is 4.02. The van der Waals surface area contributed by atoms with Crippen molar-refractivity contribution in [1.29, 1.82) is 0 Å². The zero-order chi connectivity index (χ0) is 12.8. The van der Waals surface area contributed by atoms with Gasteiger partial charge in [-0.1, -0.05) is 38.9 Å². The van der Waals surface area contributed by atoms with Gasteiger partial charge in [-0.05, 0) is 6.07 Å². The Labute approximate surface area is 111 Å². The van der Waals surface area contributed by atoms with E-state index in [0.717, 1.165) is 11.3 Å². The molecule has 0 bridgehead atoms. The van der Waals surface area contributed by atoms with Crippen LogP contribution < -0.4 is 11.3 Å². The van der Waals surface area contributed by atoms with Crippen molar-refractivity contribution in [3.63, 3.8) is 0 Å². The average molecular weight is 347 g/mol. The Balaban J connectivity index is 2.86. The Kier molecular flexibility index (Phi) is 3.23. The van der Waals surface area contributed by atoms with Crippen molar-refractivity contribution in [3.8, 4) is 0 Å². The summed E-state index contributed by atoms with van der Waals surface area (Å²) in [4.78, 5) is 3.88. The summed E-state index contributed by atoms with van der Waals surface area (Å²) < 4.78 is 38.5. The molecule has 3 nitrogen and oxygen atoms in total. The fourth-order valence-corrected chi connectivity index (χ4v) is 3.52. The third-order valence-corrected chi connectivity index (χ3v) is 3.90. The van der Waals surface area contributed by atoms with Crippen LogP contribution in [0, 0.1) is 0 Å². The maximum Gasteiger partial charge on any atom is 0.418 e. The lowest BCUT2D eigenvalue weighted by Gasteiger charge is -2.10. The van der Waals surface area contributed by atoms with Crippen molar-refractivity contribution in [2.24, 2.45) is 5.84 Å². The number of fused-ring (bicyclic) bond motifs is 1. The molecular weight excluding hydrogens is 343 g/mol. The van der Waals surface area contributed by atoms with Gasteiger partial charge >= 0.3 is 6.18 Å². The van der Waals surface area contributed by atoms with Gasteiger partial charge < -0.3 is 0 Å². The van der Waals surface area contributed by atoms with Gasteiger partial charge in [0.15, 0.2) is 5.13 Å². The van der Waals surface area contributed by atoms with Crippen LogP contribution in [0.4, 0.5) is 18.3 Å². The first-order chi connectivity index (χ1) is 7.84. The molecule has 0 radical (unpaired) electrons. The Morgan fingerprint density at radius 2 is 2.12 bits per heavy atom. The number of anilines is 1. The van der Waals surface area contributed by atoms with Gasteiger partial charge in [0.05, 0.1) is 15.3 Å². The highest BCUT2D eigenvalue weighted by Crippen LogP contribution is 2.45. The van der Waals surface area contributed by atoms with Crippen molar-refractivity contribution in [2.75, 3.05) is 5.43 Å². The molecule has 0 saturated heterocycles. The van der Waals surface area contributed by atoms with Gasteiger partial charge in [-0.15, -0.1) is 0 Å². The van der Waals surface area contributed by atoms with Crippen LogP contribution in [-0.2, 0) is 6.18 Å². The van der Waals surface area contributed by atoms with Gasteiger partial charge in [0.1, 0.15) is 5.52 Å². The van der Waals surface area contributed by atoms with E-state index in [0.29, 0.717) is 0 Å². The molecule has 17 heavy (non-hydrogen) atoms. The number of aromatic nitrogens is 1. The minimum Gasteiger partial charge on any atom is -0.300 e. The number of rotatable bonds is 1. The van der Waals surface area contributed by atoms with Crippen LogP contribution in [0.1, 0.15) is 5.56 Å².